The van der Waals surface area contributed by atoms with Crippen LogP contribution in [0.4, 0.5) is 13.2 Å². The Morgan fingerprint density at radius 3 is 2.54 bits per heavy atom. The molecule has 6 nitrogen and oxygen atoms in total. The third kappa shape index (κ3) is 3.40. The third-order valence-electron chi connectivity index (χ3n) is 3.41. The van der Waals surface area contributed by atoms with Crippen molar-refractivity contribution in [3.05, 3.63) is 50.7 Å². The fraction of sp³-hybridized carbons (Fsp3) is 0.400. The van der Waals surface area contributed by atoms with Crippen molar-refractivity contribution in [1.82, 2.24) is 14.8 Å². The molecule has 9 heteroatoms. The summed E-state index contributed by atoms with van der Waals surface area (Å²) in [5, 5.41) is 2.68. The van der Waals surface area contributed by atoms with Crippen LogP contribution < -0.4 is 5.56 Å². The van der Waals surface area contributed by atoms with Crippen LogP contribution >= 0.6 is 0 Å². The van der Waals surface area contributed by atoms with Crippen molar-refractivity contribution in [2.45, 2.75) is 26.6 Å². The fourth-order valence-electron chi connectivity index (χ4n) is 2.26. The lowest BCUT2D eigenvalue weighted by Gasteiger charge is -2.11. The zero-order valence-electron chi connectivity index (χ0n) is 13.3. The summed E-state index contributed by atoms with van der Waals surface area (Å²) in [5.41, 5.74) is -1.71. The van der Waals surface area contributed by atoms with Crippen LogP contribution in [0.5, 0.6) is 0 Å². The van der Waals surface area contributed by atoms with Gasteiger partial charge in [-0.15, -0.1) is 0 Å². The highest BCUT2D eigenvalue weighted by molar-refractivity contribution is 6.10. The van der Waals surface area contributed by atoms with Gasteiger partial charge in [-0.1, -0.05) is 0 Å². The quantitative estimate of drug-likeness (QED) is 0.845. The Labute approximate surface area is 135 Å². The van der Waals surface area contributed by atoms with Crippen LogP contribution in [0.25, 0.3) is 0 Å². The number of carbonyl (C=O) groups excluding carboxylic acids is 1. The number of aromatic nitrogens is 3. The summed E-state index contributed by atoms with van der Waals surface area (Å²) in [7, 11) is 1.44. The second-order valence-electron chi connectivity index (χ2n) is 5.13. The topological polar surface area (TPSA) is 77.0 Å². The van der Waals surface area contributed by atoms with Gasteiger partial charge in [0.15, 0.2) is 0 Å². The summed E-state index contributed by atoms with van der Waals surface area (Å²) in [6.07, 6.45) is -4.64. The molecular formula is C15H16F3N3O3. The number of ether oxygens (including phenoxy) is 1. The average Bonchev–Trinajstić information content (AvgIpc) is 2.76. The number of pyridine rings is 1. The maximum atomic E-state index is 12.8. The van der Waals surface area contributed by atoms with Crippen LogP contribution in [0.15, 0.2) is 16.9 Å². The highest BCUT2D eigenvalue weighted by atomic mass is 19.4. The number of rotatable bonds is 5. The SMILES string of the molecule is CCOCc1nc(C(F)(F)F)ccc1C(=O)c1c(C)[nH]n(C)c1=O. The Hall–Kier alpha value is -2.42. The number of aromatic amines is 1. The van der Waals surface area contributed by atoms with E-state index in [4.69, 9.17) is 4.74 Å². The first-order valence-corrected chi connectivity index (χ1v) is 7.12. The first kappa shape index (κ1) is 17.9. The molecule has 0 spiro atoms. The van der Waals surface area contributed by atoms with E-state index in [0.29, 0.717) is 5.69 Å². The van der Waals surface area contributed by atoms with Crippen LogP contribution in [0.1, 0.15) is 39.9 Å². The average molecular weight is 343 g/mol. The molecule has 2 heterocycles. The number of nitrogens with one attached hydrogen (secondary N) is 1. The second kappa shape index (κ2) is 6.60. The highest BCUT2D eigenvalue weighted by Crippen LogP contribution is 2.29. The number of carbonyl (C=O) groups is 1. The van der Waals surface area contributed by atoms with Crippen molar-refractivity contribution in [3.8, 4) is 0 Å². The van der Waals surface area contributed by atoms with Gasteiger partial charge in [0, 0.05) is 24.9 Å². The lowest BCUT2D eigenvalue weighted by molar-refractivity contribution is -0.141. The Balaban J connectivity index is 2.56. The van der Waals surface area contributed by atoms with Crippen molar-refractivity contribution >= 4 is 5.78 Å². The lowest BCUT2D eigenvalue weighted by Crippen LogP contribution is -2.21. The molecular weight excluding hydrogens is 327 g/mol. The Kier molecular flexibility index (Phi) is 4.93. The largest absolute Gasteiger partial charge is 0.433 e. The molecule has 0 amide bonds. The molecule has 130 valence electrons. The Morgan fingerprint density at radius 2 is 2.04 bits per heavy atom. The van der Waals surface area contributed by atoms with E-state index in [1.807, 2.05) is 0 Å². The van der Waals surface area contributed by atoms with Crippen LogP contribution in [0, 0.1) is 6.92 Å². The van der Waals surface area contributed by atoms with Gasteiger partial charge in [-0.25, -0.2) is 4.98 Å². The van der Waals surface area contributed by atoms with Gasteiger partial charge in [-0.05, 0) is 26.0 Å². The number of H-pyrrole nitrogens is 1. The Morgan fingerprint density at radius 1 is 1.38 bits per heavy atom. The molecule has 0 aromatic carbocycles. The molecule has 0 unspecified atom stereocenters. The fourth-order valence-corrected chi connectivity index (χ4v) is 2.26. The number of halogens is 3. The van der Waals surface area contributed by atoms with Gasteiger partial charge in [-0.2, -0.15) is 13.2 Å². The van der Waals surface area contributed by atoms with E-state index in [2.05, 4.69) is 10.1 Å². The van der Waals surface area contributed by atoms with Gasteiger partial charge in [0.25, 0.3) is 5.56 Å². The second-order valence-corrected chi connectivity index (χ2v) is 5.13. The van der Waals surface area contributed by atoms with Gasteiger partial charge in [-0.3, -0.25) is 19.4 Å². The predicted octanol–water partition coefficient (Wildman–Crippen LogP) is 2.20. The predicted molar refractivity (Wildman–Crippen MR) is 78.8 cm³/mol. The molecule has 1 N–H and O–H groups in total. The maximum Gasteiger partial charge on any atom is 0.433 e. The van der Waals surface area contributed by atoms with Gasteiger partial charge >= 0.3 is 6.18 Å². The minimum atomic E-state index is -4.64. The van der Waals surface area contributed by atoms with E-state index in [-0.39, 0.29) is 30.0 Å². The molecule has 0 aliphatic heterocycles. The van der Waals surface area contributed by atoms with Gasteiger partial charge in [0.2, 0.25) is 5.78 Å². The van der Waals surface area contributed by atoms with Crippen LogP contribution in [-0.2, 0) is 24.6 Å². The van der Waals surface area contributed by atoms with E-state index in [9.17, 15) is 22.8 Å². The van der Waals surface area contributed by atoms with E-state index >= 15 is 0 Å². The molecule has 0 aliphatic carbocycles. The standard InChI is InChI=1S/C15H16F3N3O3/c1-4-24-7-10-9(5-6-11(19-10)15(16,17)18)13(22)12-8(2)20-21(3)14(12)23/h5-6,20H,4,7H2,1-3H3. The van der Waals surface area contributed by atoms with Gasteiger partial charge in [0.1, 0.15) is 11.3 Å². The minimum Gasteiger partial charge on any atom is -0.375 e. The van der Waals surface area contributed by atoms with Crippen LogP contribution in [0.2, 0.25) is 0 Å². The lowest BCUT2D eigenvalue weighted by atomic mass is 10.0. The molecule has 0 saturated carbocycles. The Bertz CT molecular complexity index is 822. The summed E-state index contributed by atoms with van der Waals surface area (Å²) in [4.78, 5) is 28.2. The van der Waals surface area contributed by atoms with Crippen molar-refractivity contribution in [2.75, 3.05) is 6.61 Å². The van der Waals surface area contributed by atoms with Crippen molar-refractivity contribution in [1.29, 1.82) is 0 Å². The molecule has 0 aliphatic rings. The zero-order chi connectivity index (χ0) is 18.1. The number of hydrogen-bond acceptors (Lipinski definition) is 4. The summed E-state index contributed by atoms with van der Waals surface area (Å²) < 4.78 is 44.7. The third-order valence-corrected chi connectivity index (χ3v) is 3.41. The van der Waals surface area contributed by atoms with Crippen molar-refractivity contribution in [3.63, 3.8) is 0 Å². The van der Waals surface area contributed by atoms with E-state index < -0.39 is 23.2 Å². The molecule has 0 fully saturated rings. The van der Waals surface area contributed by atoms with Crippen molar-refractivity contribution < 1.29 is 22.7 Å². The van der Waals surface area contributed by atoms with E-state index in [1.54, 1.807) is 6.92 Å². The van der Waals surface area contributed by atoms with Gasteiger partial charge in [0.05, 0.1) is 12.3 Å². The van der Waals surface area contributed by atoms with E-state index in [1.165, 1.54) is 14.0 Å². The van der Waals surface area contributed by atoms with Crippen LogP contribution in [-0.4, -0.2) is 27.2 Å². The molecule has 0 atom stereocenters. The number of ketones is 1. The molecule has 2 aromatic heterocycles. The van der Waals surface area contributed by atoms with Crippen molar-refractivity contribution in [2.24, 2.45) is 7.05 Å². The molecule has 2 aromatic rings. The molecule has 0 bridgehead atoms. The summed E-state index contributed by atoms with van der Waals surface area (Å²) >= 11 is 0. The highest BCUT2D eigenvalue weighted by Gasteiger charge is 2.34. The zero-order valence-corrected chi connectivity index (χ0v) is 13.3. The van der Waals surface area contributed by atoms with Crippen LogP contribution in [0.3, 0.4) is 0 Å². The number of nitrogens with zero attached hydrogens (tertiary/aromatic N) is 2. The smallest absolute Gasteiger partial charge is 0.375 e. The molecule has 24 heavy (non-hydrogen) atoms. The summed E-state index contributed by atoms with van der Waals surface area (Å²) in [6, 6.07) is 1.74. The molecule has 2 rings (SSSR count). The summed E-state index contributed by atoms with van der Waals surface area (Å²) in [6.45, 7) is 3.19. The normalized spacial score (nSPS) is 11.8. The first-order valence-electron chi connectivity index (χ1n) is 7.12. The van der Waals surface area contributed by atoms with E-state index in [0.717, 1.165) is 16.8 Å². The number of hydrogen-bond donors (Lipinski definition) is 1. The first-order chi connectivity index (χ1) is 11.2. The van der Waals surface area contributed by atoms with Gasteiger partial charge < -0.3 is 4.74 Å². The maximum absolute atomic E-state index is 12.8. The monoisotopic (exact) mass is 343 g/mol. The summed E-state index contributed by atoms with van der Waals surface area (Å²) in [5.74, 6) is -0.690. The number of alkyl halides is 3. The molecule has 0 saturated heterocycles. The minimum absolute atomic E-state index is 0.0868. The number of aryl methyl sites for hydroxylation is 2. The molecule has 0 radical (unpaired) electrons.